The lowest BCUT2D eigenvalue weighted by molar-refractivity contribution is 0.298. The van der Waals surface area contributed by atoms with Crippen molar-refractivity contribution in [3.8, 4) is 0 Å². The highest BCUT2D eigenvalue weighted by Gasteiger charge is 2.10. The average Bonchev–Trinajstić information content (AvgIpc) is 2.70. The molecule has 2 rings (SSSR count). The van der Waals surface area contributed by atoms with Gasteiger partial charge in [-0.25, -0.2) is 4.39 Å². The highest BCUT2D eigenvalue weighted by molar-refractivity contribution is 5.46. The summed E-state index contributed by atoms with van der Waals surface area (Å²) >= 11 is 0. The van der Waals surface area contributed by atoms with Crippen molar-refractivity contribution in [1.29, 1.82) is 0 Å². The van der Waals surface area contributed by atoms with E-state index in [-0.39, 0.29) is 5.82 Å². The van der Waals surface area contributed by atoms with Crippen LogP contribution in [-0.2, 0) is 0 Å². The molecule has 1 aliphatic heterocycles. The van der Waals surface area contributed by atoms with Crippen molar-refractivity contribution in [2.75, 3.05) is 50.7 Å². The lowest BCUT2D eigenvalue weighted by Crippen LogP contribution is -2.37. The largest absolute Gasteiger partial charge is 0.371 e. The molecule has 0 bridgehead atoms. The fourth-order valence-electron chi connectivity index (χ4n) is 2.51. The van der Waals surface area contributed by atoms with E-state index in [9.17, 15) is 4.39 Å². The molecule has 0 aromatic heterocycles. The third-order valence-electron chi connectivity index (χ3n) is 3.69. The van der Waals surface area contributed by atoms with Crippen molar-refractivity contribution >= 4 is 5.69 Å². The first kappa shape index (κ1) is 14.3. The molecule has 0 amide bonds. The third kappa shape index (κ3) is 4.48. The van der Waals surface area contributed by atoms with Crippen LogP contribution >= 0.6 is 0 Å². The summed E-state index contributed by atoms with van der Waals surface area (Å²) in [4.78, 5) is 4.81. The average molecular weight is 265 g/mol. The maximum Gasteiger partial charge on any atom is 0.123 e. The summed E-state index contributed by atoms with van der Waals surface area (Å²) in [5.74, 6) is -0.168. The fourth-order valence-corrected chi connectivity index (χ4v) is 2.51. The number of rotatable bonds is 5. The van der Waals surface area contributed by atoms with Crippen molar-refractivity contribution in [1.82, 2.24) is 10.2 Å². The van der Waals surface area contributed by atoms with Crippen LogP contribution in [0.15, 0.2) is 24.3 Å². The number of hydrogen-bond donors (Lipinski definition) is 1. The van der Waals surface area contributed by atoms with Crippen LogP contribution in [0.25, 0.3) is 0 Å². The zero-order valence-corrected chi connectivity index (χ0v) is 11.7. The van der Waals surface area contributed by atoms with Crippen LogP contribution in [-0.4, -0.2) is 50.7 Å². The fraction of sp³-hybridized carbons (Fsp3) is 0.600. The van der Waals surface area contributed by atoms with E-state index in [0.29, 0.717) is 0 Å². The molecule has 0 unspecified atom stereocenters. The maximum atomic E-state index is 12.9. The van der Waals surface area contributed by atoms with Crippen molar-refractivity contribution < 1.29 is 4.39 Å². The lowest BCUT2D eigenvalue weighted by Gasteiger charge is -2.27. The van der Waals surface area contributed by atoms with Gasteiger partial charge in [-0.3, -0.25) is 0 Å². The van der Waals surface area contributed by atoms with Crippen molar-refractivity contribution in [2.45, 2.75) is 13.3 Å². The van der Waals surface area contributed by atoms with Gasteiger partial charge in [-0.1, -0.05) is 0 Å². The molecule has 4 heteroatoms. The topological polar surface area (TPSA) is 18.5 Å². The smallest absolute Gasteiger partial charge is 0.123 e. The number of benzene rings is 1. The molecular formula is C15H24FN3. The number of halogens is 1. The minimum atomic E-state index is -0.168. The molecular weight excluding hydrogens is 241 g/mol. The quantitative estimate of drug-likeness (QED) is 0.878. The van der Waals surface area contributed by atoms with Gasteiger partial charge >= 0.3 is 0 Å². The van der Waals surface area contributed by atoms with Crippen LogP contribution in [0.5, 0.6) is 0 Å². The molecule has 1 fully saturated rings. The predicted molar refractivity (Wildman–Crippen MR) is 78.2 cm³/mol. The normalized spacial score (nSPS) is 17.2. The minimum Gasteiger partial charge on any atom is -0.371 e. The van der Waals surface area contributed by atoms with Crippen molar-refractivity contribution in [3.05, 3.63) is 30.1 Å². The summed E-state index contributed by atoms with van der Waals surface area (Å²) in [6, 6.07) is 6.80. The van der Waals surface area contributed by atoms with E-state index in [4.69, 9.17) is 0 Å². The van der Waals surface area contributed by atoms with Crippen LogP contribution in [0.1, 0.15) is 13.3 Å². The van der Waals surface area contributed by atoms with Crippen LogP contribution in [0, 0.1) is 5.82 Å². The van der Waals surface area contributed by atoms with Gasteiger partial charge in [0.2, 0.25) is 0 Å². The number of anilines is 1. The molecule has 1 aromatic carbocycles. The number of hydrogen-bond acceptors (Lipinski definition) is 3. The first-order valence-corrected chi connectivity index (χ1v) is 7.23. The molecule has 3 nitrogen and oxygen atoms in total. The molecule has 0 spiro atoms. The van der Waals surface area contributed by atoms with E-state index >= 15 is 0 Å². The second-order valence-corrected chi connectivity index (χ2v) is 5.00. The third-order valence-corrected chi connectivity index (χ3v) is 3.69. The van der Waals surface area contributed by atoms with Crippen molar-refractivity contribution in [2.24, 2.45) is 0 Å². The number of likely N-dealkylation sites (N-methyl/N-ethyl adjacent to an activating group) is 1. The monoisotopic (exact) mass is 265 g/mol. The Morgan fingerprint density at radius 3 is 2.74 bits per heavy atom. The Labute approximate surface area is 115 Å². The van der Waals surface area contributed by atoms with Gasteiger partial charge in [-0.15, -0.1) is 0 Å². The number of nitrogens with zero attached hydrogens (tertiary/aromatic N) is 2. The van der Waals surface area contributed by atoms with E-state index in [2.05, 4.69) is 22.0 Å². The van der Waals surface area contributed by atoms with Gasteiger partial charge in [0.15, 0.2) is 0 Å². The summed E-state index contributed by atoms with van der Waals surface area (Å²) in [5, 5.41) is 3.42. The Morgan fingerprint density at radius 1 is 1.21 bits per heavy atom. The molecule has 1 saturated heterocycles. The zero-order chi connectivity index (χ0) is 13.5. The van der Waals surface area contributed by atoms with Crippen LogP contribution in [0.2, 0.25) is 0 Å². The Morgan fingerprint density at radius 2 is 2.00 bits per heavy atom. The van der Waals surface area contributed by atoms with Gasteiger partial charge in [0.05, 0.1) is 0 Å². The molecule has 0 radical (unpaired) electrons. The minimum absolute atomic E-state index is 0.168. The highest BCUT2D eigenvalue weighted by Crippen LogP contribution is 2.14. The van der Waals surface area contributed by atoms with Crippen molar-refractivity contribution in [3.63, 3.8) is 0 Å². The number of nitrogens with one attached hydrogen (secondary N) is 1. The molecule has 1 N–H and O–H groups in total. The summed E-state index contributed by atoms with van der Waals surface area (Å²) in [6.45, 7) is 9.70. The van der Waals surface area contributed by atoms with E-state index in [0.717, 1.165) is 45.0 Å². The lowest BCUT2D eigenvalue weighted by atomic mass is 10.2. The standard InChI is InChI=1S/C15H24FN3/c1-2-19(15-6-4-14(16)5-7-15)13-12-18-10-3-8-17-9-11-18/h4-7,17H,2-3,8-13H2,1H3. The molecule has 1 aromatic rings. The molecule has 0 atom stereocenters. The summed E-state index contributed by atoms with van der Waals surface area (Å²) in [5.41, 5.74) is 1.11. The summed E-state index contributed by atoms with van der Waals surface area (Å²) < 4.78 is 12.9. The van der Waals surface area contributed by atoms with Gasteiger partial charge in [0.1, 0.15) is 5.82 Å². The molecule has 0 saturated carbocycles. The van der Waals surface area contributed by atoms with Crippen LogP contribution < -0.4 is 10.2 Å². The first-order valence-electron chi connectivity index (χ1n) is 7.23. The van der Waals surface area contributed by atoms with E-state index < -0.39 is 0 Å². The highest BCUT2D eigenvalue weighted by atomic mass is 19.1. The maximum absolute atomic E-state index is 12.9. The molecule has 106 valence electrons. The Kier molecular flexibility index (Phi) is 5.61. The molecule has 0 aliphatic carbocycles. The second-order valence-electron chi connectivity index (χ2n) is 5.00. The van der Waals surface area contributed by atoms with Gasteiger partial charge in [-0.05, 0) is 50.7 Å². The Hall–Kier alpha value is -1.13. The van der Waals surface area contributed by atoms with Crippen LogP contribution in [0.4, 0.5) is 10.1 Å². The van der Waals surface area contributed by atoms with Gasteiger partial charge in [0.25, 0.3) is 0 Å². The predicted octanol–water partition coefficient (Wildman–Crippen LogP) is 1.95. The molecule has 1 heterocycles. The van der Waals surface area contributed by atoms with E-state index in [1.807, 2.05) is 12.1 Å². The van der Waals surface area contributed by atoms with Gasteiger partial charge in [-0.2, -0.15) is 0 Å². The molecule has 1 aliphatic rings. The van der Waals surface area contributed by atoms with Crippen LogP contribution in [0.3, 0.4) is 0 Å². The van der Waals surface area contributed by atoms with E-state index in [1.165, 1.54) is 25.1 Å². The molecule has 19 heavy (non-hydrogen) atoms. The SMILES string of the molecule is CCN(CCN1CCCNCC1)c1ccc(F)cc1. The first-order chi connectivity index (χ1) is 9.29. The second kappa shape index (κ2) is 7.46. The van der Waals surface area contributed by atoms with Gasteiger partial charge in [0, 0.05) is 38.4 Å². The summed E-state index contributed by atoms with van der Waals surface area (Å²) in [6.07, 6.45) is 1.22. The zero-order valence-electron chi connectivity index (χ0n) is 11.7. The Balaban J connectivity index is 1.86. The van der Waals surface area contributed by atoms with E-state index in [1.54, 1.807) is 0 Å². The Bertz CT molecular complexity index is 358. The summed E-state index contributed by atoms with van der Waals surface area (Å²) in [7, 11) is 0. The van der Waals surface area contributed by atoms with Gasteiger partial charge < -0.3 is 15.1 Å².